The van der Waals surface area contributed by atoms with Gasteiger partial charge in [0.1, 0.15) is 17.1 Å². The van der Waals surface area contributed by atoms with Gasteiger partial charge in [0.05, 0.1) is 12.3 Å². The van der Waals surface area contributed by atoms with Crippen LogP contribution in [0, 0.1) is 6.92 Å². The first-order valence-electron chi connectivity index (χ1n) is 6.28. The third-order valence-electron chi connectivity index (χ3n) is 2.68. The second-order valence-electron chi connectivity index (χ2n) is 4.17. The average molecular weight is 272 g/mol. The van der Waals surface area contributed by atoms with E-state index in [4.69, 9.17) is 15.2 Å². The highest BCUT2D eigenvalue weighted by Gasteiger charge is 2.15. The van der Waals surface area contributed by atoms with E-state index in [1.165, 1.54) is 0 Å². The monoisotopic (exact) mass is 272 g/mol. The molecule has 104 valence electrons. The molecule has 20 heavy (non-hydrogen) atoms. The summed E-state index contributed by atoms with van der Waals surface area (Å²) in [7, 11) is 0. The van der Waals surface area contributed by atoms with Crippen molar-refractivity contribution in [2.24, 2.45) is 0 Å². The number of nitrogen functional groups attached to an aromatic ring is 1. The molecule has 1 aromatic carbocycles. The lowest BCUT2D eigenvalue weighted by molar-refractivity contribution is 0.0523. The van der Waals surface area contributed by atoms with Gasteiger partial charge >= 0.3 is 5.97 Å². The Morgan fingerprint density at radius 3 is 2.80 bits per heavy atom. The number of aromatic nitrogens is 1. The number of carbonyl (C=O) groups is 1. The van der Waals surface area contributed by atoms with Crippen molar-refractivity contribution in [1.82, 2.24) is 4.98 Å². The van der Waals surface area contributed by atoms with E-state index in [9.17, 15) is 4.79 Å². The molecule has 0 fully saturated rings. The molecule has 0 amide bonds. The highest BCUT2D eigenvalue weighted by Crippen LogP contribution is 2.28. The zero-order chi connectivity index (χ0) is 14.5. The van der Waals surface area contributed by atoms with Crippen molar-refractivity contribution < 1.29 is 14.3 Å². The van der Waals surface area contributed by atoms with Crippen molar-refractivity contribution in [3.63, 3.8) is 0 Å². The first-order chi connectivity index (χ1) is 9.61. The molecule has 0 aliphatic rings. The molecule has 2 N–H and O–H groups in total. The summed E-state index contributed by atoms with van der Waals surface area (Å²) in [5, 5.41) is 0. The highest BCUT2D eigenvalue weighted by atomic mass is 16.5. The summed E-state index contributed by atoms with van der Waals surface area (Å²) < 4.78 is 10.7. The van der Waals surface area contributed by atoms with Crippen molar-refractivity contribution in [3.8, 4) is 11.5 Å². The third kappa shape index (κ3) is 3.06. The Labute approximate surface area is 117 Å². The van der Waals surface area contributed by atoms with Gasteiger partial charge in [0.15, 0.2) is 0 Å². The molecule has 0 atom stereocenters. The van der Waals surface area contributed by atoms with Crippen molar-refractivity contribution in [2.45, 2.75) is 13.8 Å². The fourth-order valence-corrected chi connectivity index (χ4v) is 1.70. The zero-order valence-electron chi connectivity index (χ0n) is 11.4. The predicted molar refractivity (Wildman–Crippen MR) is 75.9 cm³/mol. The topological polar surface area (TPSA) is 74.4 Å². The fraction of sp³-hybridized carbons (Fsp3) is 0.200. The van der Waals surface area contributed by atoms with Gasteiger partial charge in [-0.05, 0) is 44.2 Å². The zero-order valence-corrected chi connectivity index (χ0v) is 11.4. The van der Waals surface area contributed by atoms with E-state index in [0.29, 0.717) is 29.4 Å². The van der Waals surface area contributed by atoms with Crippen LogP contribution in [-0.4, -0.2) is 17.6 Å². The van der Waals surface area contributed by atoms with Crippen LogP contribution in [0.1, 0.15) is 23.0 Å². The standard InChI is InChI=1S/C15H16N2O3/c1-3-19-15(18)12-9-11(16)6-7-14(12)20-13-5-4-8-17-10(13)2/h4-9H,3,16H2,1-2H3. The number of nitrogens with two attached hydrogens (primary N) is 1. The fourth-order valence-electron chi connectivity index (χ4n) is 1.70. The normalized spacial score (nSPS) is 10.1. The molecular weight excluding hydrogens is 256 g/mol. The molecule has 5 heteroatoms. The summed E-state index contributed by atoms with van der Waals surface area (Å²) in [6.07, 6.45) is 1.68. The van der Waals surface area contributed by atoms with Crippen LogP contribution in [0.5, 0.6) is 11.5 Å². The predicted octanol–water partition coefficient (Wildman–Crippen LogP) is 2.94. The molecule has 0 radical (unpaired) electrons. The SMILES string of the molecule is CCOC(=O)c1cc(N)ccc1Oc1cccnc1C. The maximum atomic E-state index is 11.9. The second-order valence-corrected chi connectivity index (χ2v) is 4.17. The molecule has 2 rings (SSSR count). The Morgan fingerprint density at radius 2 is 2.10 bits per heavy atom. The Morgan fingerprint density at radius 1 is 1.30 bits per heavy atom. The van der Waals surface area contributed by atoms with E-state index in [2.05, 4.69) is 4.98 Å². The number of esters is 1. The van der Waals surface area contributed by atoms with Crippen LogP contribution < -0.4 is 10.5 Å². The second kappa shape index (κ2) is 6.06. The molecule has 0 aliphatic carbocycles. The van der Waals surface area contributed by atoms with E-state index in [1.807, 2.05) is 6.92 Å². The number of hydrogen-bond acceptors (Lipinski definition) is 5. The molecular formula is C15H16N2O3. The van der Waals surface area contributed by atoms with Gasteiger partial charge in [0.2, 0.25) is 0 Å². The van der Waals surface area contributed by atoms with Crippen molar-refractivity contribution >= 4 is 11.7 Å². The summed E-state index contributed by atoms with van der Waals surface area (Å²) in [5.74, 6) is 0.521. The molecule has 1 heterocycles. The van der Waals surface area contributed by atoms with Crippen molar-refractivity contribution in [3.05, 3.63) is 47.8 Å². The van der Waals surface area contributed by atoms with Gasteiger partial charge in [0.25, 0.3) is 0 Å². The average Bonchev–Trinajstić information content (AvgIpc) is 2.43. The lowest BCUT2D eigenvalue weighted by Crippen LogP contribution is -2.07. The number of pyridine rings is 1. The number of aryl methyl sites for hydroxylation is 1. The summed E-state index contributed by atoms with van der Waals surface area (Å²) >= 11 is 0. The molecule has 2 aromatic rings. The lowest BCUT2D eigenvalue weighted by atomic mass is 10.2. The van der Waals surface area contributed by atoms with Crippen LogP contribution in [0.2, 0.25) is 0 Å². The van der Waals surface area contributed by atoms with Gasteiger partial charge in [-0.2, -0.15) is 0 Å². The first-order valence-corrected chi connectivity index (χ1v) is 6.28. The quantitative estimate of drug-likeness (QED) is 0.684. The molecule has 5 nitrogen and oxygen atoms in total. The van der Waals surface area contributed by atoms with Gasteiger partial charge in [0, 0.05) is 11.9 Å². The van der Waals surface area contributed by atoms with Crippen LogP contribution in [0.3, 0.4) is 0 Å². The highest BCUT2D eigenvalue weighted by molar-refractivity contribution is 5.93. The van der Waals surface area contributed by atoms with E-state index in [1.54, 1.807) is 43.5 Å². The summed E-state index contributed by atoms with van der Waals surface area (Å²) in [6.45, 7) is 3.87. The van der Waals surface area contributed by atoms with Crippen molar-refractivity contribution in [2.75, 3.05) is 12.3 Å². The minimum absolute atomic E-state index is 0.291. The number of benzene rings is 1. The Bertz CT molecular complexity index is 626. The van der Waals surface area contributed by atoms with Crippen LogP contribution in [-0.2, 0) is 4.74 Å². The van der Waals surface area contributed by atoms with Gasteiger partial charge in [-0.15, -0.1) is 0 Å². The summed E-state index contributed by atoms with van der Waals surface area (Å²) in [4.78, 5) is 16.1. The number of ether oxygens (including phenoxy) is 2. The molecule has 0 aliphatic heterocycles. The minimum atomic E-state index is -0.462. The summed E-state index contributed by atoms with van der Waals surface area (Å²) in [5.41, 5.74) is 7.22. The first kappa shape index (κ1) is 13.9. The van der Waals surface area contributed by atoms with Crippen LogP contribution in [0.4, 0.5) is 5.69 Å². The number of rotatable bonds is 4. The van der Waals surface area contributed by atoms with E-state index in [-0.39, 0.29) is 0 Å². The van der Waals surface area contributed by atoms with Gasteiger partial charge in [-0.25, -0.2) is 4.79 Å². The van der Waals surface area contributed by atoms with Gasteiger partial charge in [-0.3, -0.25) is 4.98 Å². The third-order valence-corrected chi connectivity index (χ3v) is 2.68. The minimum Gasteiger partial charge on any atom is -0.462 e. The maximum absolute atomic E-state index is 11.9. The smallest absolute Gasteiger partial charge is 0.342 e. The van der Waals surface area contributed by atoms with E-state index < -0.39 is 5.97 Å². The molecule has 1 aromatic heterocycles. The van der Waals surface area contributed by atoms with E-state index >= 15 is 0 Å². The number of hydrogen-bond donors (Lipinski definition) is 1. The largest absolute Gasteiger partial charge is 0.462 e. The van der Waals surface area contributed by atoms with Gasteiger partial charge < -0.3 is 15.2 Å². The van der Waals surface area contributed by atoms with Crippen molar-refractivity contribution in [1.29, 1.82) is 0 Å². The Hall–Kier alpha value is -2.56. The Balaban J connectivity index is 2.36. The maximum Gasteiger partial charge on any atom is 0.342 e. The number of carbonyl (C=O) groups excluding carboxylic acids is 1. The number of nitrogens with zero attached hydrogens (tertiary/aromatic N) is 1. The van der Waals surface area contributed by atoms with Crippen LogP contribution >= 0.6 is 0 Å². The van der Waals surface area contributed by atoms with E-state index in [0.717, 1.165) is 5.69 Å². The Kier molecular flexibility index (Phi) is 4.20. The molecule has 0 spiro atoms. The molecule has 0 saturated carbocycles. The molecule has 0 unspecified atom stereocenters. The van der Waals surface area contributed by atoms with Gasteiger partial charge in [-0.1, -0.05) is 0 Å². The van der Waals surface area contributed by atoms with Crippen LogP contribution in [0.15, 0.2) is 36.5 Å². The summed E-state index contributed by atoms with van der Waals surface area (Å²) in [6, 6.07) is 8.41. The number of anilines is 1. The van der Waals surface area contributed by atoms with Crippen LogP contribution in [0.25, 0.3) is 0 Å². The molecule has 0 saturated heterocycles. The lowest BCUT2D eigenvalue weighted by Gasteiger charge is -2.12. The molecule has 0 bridgehead atoms.